The maximum absolute atomic E-state index is 12.8. The van der Waals surface area contributed by atoms with Gasteiger partial charge in [-0.05, 0) is 44.9 Å². The number of likely N-dealkylation sites (tertiary alicyclic amines) is 1. The molecule has 1 aliphatic carbocycles. The first-order valence-electron chi connectivity index (χ1n) is 9.96. The van der Waals surface area contributed by atoms with Crippen molar-refractivity contribution in [3.8, 4) is 0 Å². The third-order valence-corrected chi connectivity index (χ3v) is 6.15. The third-order valence-electron chi connectivity index (χ3n) is 6.15. The van der Waals surface area contributed by atoms with Crippen LogP contribution in [0.5, 0.6) is 0 Å². The summed E-state index contributed by atoms with van der Waals surface area (Å²) in [4.78, 5) is 27.4. The number of carbonyl (C=O) groups excluding carboxylic acids is 2. The van der Waals surface area contributed by atoms with Gasteiger partial charge in [-0.1, -0.05) is 12.2 Å². The Bertz CT molecular complexity index is 512. The number of piperidine rings is 1. The summed E-state index contributed by atoms with van der Waals surface area (Å²) in [6, 6.07) is 0. The van der Waals surface area contributed by atoms with Crippen molar-refractivity contribution in [3.05, 3.63) is 12.2 Å². The second-order valence-corrected chi connectivity index (χ2v) is 7.86. The fraction of sp³-hybridized carbons (Fsp3) is 0.800. The second kappa shape index (κ2) is 9.00. The number of hydrogen-bond acceptors (Lipinski definition) is 4. The number of amides is 2. The Kier molecular flexibility index (Phi) is 6.70. The summed E-state index contributed by atoms with van der Waals surface area (Å²) in [6.45, 7) is 3.39. The lowest BCUT2D eigenvalue weighted by atomic mass is 9.83. The van der Waals surface area contributed by atoms with Crippen molar-refractivity contribution in [1.82, 2.24) is 10.2 Å². The zero-order chi connectivity index (χ0) is 18.4. The third kappa shape index (κ3) is 4.65. The van der Waals surface area contributed by atoms with Gasteiger partial charge in [-0.15, -0.1) is 0 Å². The molecular weight excluding hydrogens is 332 g/mol. The molecule has 0 aromatic heterocycles. The van der Waals surface area contributed by atoms with Gasteiger partial charge in [0.2, 0.25) is 11.8 Å². The van der Waals surface area contributed by atoms with Gasteiger partial charge in [0.05, 0.1) is 0 Å². The van der Waals surface area contributed by atoms with Crippen LogP contribution in [0.15, 0.2) is 12.2 Å². The number of nitrogens with zero attached hydrogens (tertiary/aromatic N) is 1. The minimum atomic E-state index is -0.254. The van der Waals surface area contributed by atoms with E-state index in [1.807, 2.05) is 4.90 Å². The number of rotatable bonds is 6. The smallest absolute Gasteiger partial charge is 0.226 e. The summed E-state index contributed by atoms with van der Waals surface area (Å²) < 4.78 is 10.7. The van der Waals surface area contributed by atoms with E-state index in [4.69, 9.17) is 9.47 Å². The first-order chi connectivity index (χ1) is 12.6. The molecule has 2 heterocycles. The second-order valence-electron chi connectivity index (χ2n) is 7.86. The molecule has 3 aliphatic rings. The van der Waals surface area contributed by atoms with Crippen molar-refractivity contribution in [1.29, 1.82) is 0 Å². The van der Waals surface area contributed by atoms with Crippen LogP contribution in [-0.4, -0.2) is 62.3 Å². The normalized spacial score (nSPS) is 24.0. The average molecular weight is 364 g/mol. The minimum absolute atomic E-state index is 0.0485. The topological polar surface area (TPSA) is 67.9 Å². The molecule has 26 heavy (non-hydrogen) atoms. The van der Waals surface area contributed by atoms with E-state index in [1.165, 1.54) is 0 Å². The van der Waals surface area contributed by atoms with Crippen LogP contribution >= 0.6 is 0 Å². The monoisotopic (exact) mass is 364 g/mol. The quantitative estimate of drug-likeness (QED) is 0.731. The van der Waals surface area contributed by atoms with E-state index in [9.17, 15) is 9.59 Å². The molecule has 146 valence electrons. The van der Waals surface area contributed by atoms with E-state index in [-0.39, 0.29) is 29.2 Å². The van der Waals surface area contributed by atoms with Crippen molar-refractivity contribution < 1.29 is 19.1 Å². The van der Waals surface area contributed by atoms with Crippen LogP contribution < -0.4 is 5.32 Å². The summed E-state index contributed by atoms with van der Waals surface area (Å²) in [5.41, 5.74) is -0.254. The molecule has 0 spiro atoms. The Labute approximate surface area is 156 Å². The van der Waals surface area contributed by atoms with E-state index in [2.05, 4.69) is 17.5 Å². The molecule has 0 bridgehead atoms. The van der Waals surface area contributed by atoms with Crippen LogP contribution in [0.1, 0.15) is 44.9 Å². The van der Waals surface area contributed by atoms with Gasteiger partial charge >= 0.3 is 0 Å². The first kappa shape index (κ1) is 19.4. The molecule has 0 saturated carbocycles. The molecule has 3 rings (SSSR count). The van der Waals surface area contributed by atoms with E-state index >= 15 is 0 Å². The molecule has 2 saturated heterocycles. The molecule has 0 radical (unpaired) electrons. The lowest BCUT2D eigenvalue weighted by molar-refractivity contribution is -0.138. The molecule has 1 N–H and O–H groups in total. The zero-order valence-electron chi connectivity index (χ0n) is 15.9. The number of nitrogens with one attached hydrogen (secondary N) is 1. The van der Waals surface area contributed by atoms with Gasteiger partial charge < -0.3 is 19.7 Å². The van der Waals surface area contributed by atoms with Crippen molar-refractivity contribution in [2.45, 2.75) is 50.5 Å². The van der Waals surface area contributed by atoms with E-state index < -0.39 is 0 Å². The fourth-order valence-corrected chi connectivity index (χ4v) is 4.29. The van der Waals surface area contributed by atoms with E-state index in [0.717, 1.165) is 44.9 Å². The summed E-state index contributed by atoms with van der Waals surface area (Å²) in [5.74, 6) is 0.584. The maximum atomic E-state index is 12.8. The Morgan fingerprint density at radius 1 is 1.15 bits per heavy atom. The number of allylic oxidation sites excluding steroid dienone is 2. The highest BCUT2D eigenvalue weighted by Crippen LogP contribution is 2.30. The Hall–Kier alpha value is -1.40. The number of ether oxygens (including phenoxy) is 2. The maximum Gasteiger partial charge on any atom is 0.226 e. The van der Waals surface area contributed by atoms with Crippen molar-refractivity contribution in [2.75, 3.05) is 40.0 Å². The highest BCUT2D eigenvalue weighted by Gasteiger charge is 2.39. The standard InChI is InChI=1S/C20H32N2O4/c1-25-15-10-20(21-18(23)16-6-13-26-14-7-16)8-11-22(12-9-20)19(24)17-4-2-3-5-17/h2-3,16-17H,4-15H2,1H3,(H,21,23). The molecule has 0 atom stereocenters. The minimum Gasteiger partial charge on any atom is -0.385 e. The molecule has 2 amide bonds. The molecule has 6 nitrogen and oxygen atoms in total. The Balaban J connectivity index is 1.57. The highest BCUT2D eigenvalue weighted by atomic mass is 16.5. The number of carbonyl (C=O) groups is 2. The van der Waals surface area contributed by atoms with Crippen LogP contribution in [-0.2, 0) is 19.1 Å². The van der Waals surface area contributed by atoms with Crippen molar-refractivity contribution in [2.24, 2.45) is 11.8 Å². The van der Waals surface area contributed by atoms with Gasteiger partial charge in [0.25, 0.3) is 0 Å². The lowest BCUT2D eigenvalue weighted by Gasteiger charge is -2.43. The van der Waals surface area contributed by atoms with Crippen LogP contribution in [0.2, 0.25) is 0 Å². The summed E-state index contributed by atoms with van der Waals surface area (Å²) in [6.07, 6.45) is 9.93. The Morgan fingerprint density at radius 2 is 1.81 bits per heavy atom. The molecule has 0 aromatic carbocycles. The van der Waals surface area contributed by atoms with Crippen LogP contribution in [0.3, 0.4) is 0 Å². The largest absolute Gasteiger partial charge is 0.385 e. The molecular formula is C20H32N2O4. The highest BCUT2D eigenvalue weighted by molar-refractivity contribution is 5.81. The van der Waals surface area contributed by atoms with Gasteiger partial charge in [0.1, 0.15) is 0 Å². The molecule has 0 aromatic rings. The predicted molar refractivity (Wildman–Crippen MR) is 98.6 cm³/mol. The van der Waals surface area contributed by atoms with Crippen LogP contribution in [0.25, 0.3) is 0 Å². The molecule has 6 heteroatoms. The fourth-order valence-electron chi connectivity index (χ4n) is 4.29. The van der Waals surface area contributed by atoms with Crippen molar-refractivity contribution >= 4 is 11.8 Å². The molecule has 2 aliphatic heterocycles. The summed E-state index contributed by atoms with van der Waals surface area (Å²) in [5, 5.41) is 3.34. The number of methoxy groups -OCH3 is 1. The first-order valence-corrected chi connectivity index (χ1v) is 9.96. The van der Waals surface area contributed by atoms with Crippen molar-refractivity contribution in [3.63, 3.8) is 0 Å². The number of hydrogen-bond donors (Lipinski definition) is 1. The summed E-state index contributed by atoms with van der Waals surface area (Å²) in [7, 11) is 1.69. The van der Waals surface area contributed by atoms with Gasteiger partial charge in [-0.3, -0.25) is 9.59 Å². The van der Waals surface area contributed by atoms with E-state index in [1.54, 1.807) is 7.11 Å². The zero-order valence-corrected chi connectivity index (χ0v) is 15.9. The van der Waals surface area contributed by atoms with E-state index in [0.29, 0.717) is 32.9 Å². The Morgan fingerprint density at radius 3 is 2.42 bits per heavy atom. The SMILES string of the molecule is COCCC1(NC(=O)C2CCOCC2)CCN(C(=O)C2CC=CC2)CC1. The summed E-state index contributed by atoms with van der Waals surface area (Å²) >= 11 is 0. The van der Waals surface area contributed by atoms with Crippen LogP contribution in [0, 0.1) is 11.8 Å². The van der Waals surface area contributed by atoms with Gasteiger partial charge in [0, 0.05) is 57.4 Å². The van der Waals surface area contributed by atoms with Gasteiger partial charge in [0.15, 0.2) is 0 Å². The average Bonchev–Trinajstić information content (AvgIpc) is 3.22. The predicted octanol–water partition coefficient (Wildman–Crippen LogP) is 1.89. The van der Waals surface area contributed by atoms with Gasteiger partial charge in [-0.25, -0.2) is 0 Å². The molecule has 0 unspecified atom stereocenters. The molecule has 2 fully saturated rings. The lowest BCUT2D eigenvalue weighted by Crippen LogP contribution is -2.58. The van der Waals surface area contributed by atoms with Gasteiger partial charge in [-0.2, -0.15) is 0 Å². The van der Waals surface area contributed by atoms with Crippen LogP contribution in [0.4, 0.5) is 0 Å².